The maximum Gasteiger partial charge on any atom is 0.137 e. The molecule has 0 aliphatic rings. The summed E-state index contributed by atoms with van der Waals surface area (Å²) >= 11 is 6.17. The molecule has 1 aromatic carbocycles. The van der Waals surface area contributed by atoms with Crippen molar-refractivity contribution >= 4 is 17.4 Å². The van der Waals surface area contributed by atoms with E-state index < -0.39 is 0 Å². The minimum absolute atomic E-state index is 0.152. The van der Waals surface area contributed by atoms with E-state index in [-0.39, 0.29) is 11.9 Å². The maximum absolute atomic E-state index is 14.0. The molecule has 1 heterocycles. The van der Waals surface area contributed by atoms with Gasteiger partial charge in [-0.15, -0.1) is 0 Å². The summed E-state index contributed by atoms with van der Waals surface area (Å²) in [4.78, 5) is 10.7. The average molecular weight is 308 g/mol. The van der Waals surface area contributed by atoms with E-state index in [9.17, 15) is 4.39 Å². The number of benzene rings is 1. The van der Waals surface area contributed by atoms with Crippen LogP contribution in [-0.4, -0.2) is 17.0 Å². The van der Waals surface area contributed by atoms with E-state index in [0.717, 1.165) is 11.4 Å². The van der Waals surface area contributed by atoms with E-state index >= 15 is 0 Å². The lowest BCUT2D eigenvalue weighted by molar-refractivity contribution is 0.583. The summed E-state index contributed by atoms with van der Waals surface area (Å²) in [6.07, 6.45) is 0.703. The van der Waals surface area contributed by atoms with Crippen molar-refractivity contribution in [2.24, 2.45) is 0 Å². The van der Waals surface area contributed by atoms with Gasteiger partial charge in [-0.25, -0.2) is 14.4 Å². The molecule has 0 N–H and O–H groups in total. The van der Waals surface area contributed by atoms with Gasteiger partial charge in [-0.05, 0) is 19.9 Å². The van der Waals surface area contributed by atoms with Crippen molar-refractivity contribution in [1.82, 2.24) is 9.97 Å². The molecule has 1 atom stereocenters. The van der Waals surface area contributed by atoms with E-state index in [1.54, 1.807) is 12.1 Å². The Labute approximate surface area is 129 Å². The second-order valence-corrected chi connectivity index (χ2v) is 5.40. The van der Waals surface area contributed by atoms with Crippen molar-refractivity contribution in [2.75, 3.05) is 11.9 Å². The van der Waals surface area contributed by atoms with Gasteiger partial charge in [0, 0.05) is 24.6 Å². The summed E-state index contributed by atoms with van der Waals surface area (Å²) in [6, 6.07) is 6.63. The predicted molar refractivity (Wildman–Crippen MR) is 84.4 cm³/mol. The van der Waals surface area contributed by atoms with E-state index in [1.165, 1.54) is 6.07 Å². The molecular weight excluding hydrogens is 289 g/mol. The number of hydrogen-bond donors (Lipinski definition) is 0. The van der Waals surface area contributed by atoms with Gasteiger partial charge in [0.1, 0.15) is 22.6 Å². The molecule has 1 unspecified atom stereocenters. The molecule has 5 heteroatoms. The predicted octanol–water partition coefficient (Wildman–Crippen LogP) is 4.34. The van der Waals surface area contributed by atoms with Crippen LogP contribution in [0.1, 0.15) is 36.8 Å². The number of aromatic nitrogens is 2. The Morgan fingerprint density at radius 3 is 2.57 bits per heavy atom. The molecule has 0 aliphatic carbocycles. The summed E-state index contributed by atoms with van der Waals surface area (Å²) < 4.78 is 14.0. The standard InChI is InChI=1S/C16H19ClFN3/c1-5-14-19-15(17)10(2)16(20-14)21(4)11(3)12-8-6-7-9-13(12)18/h6-9,11H,5H2,1-4H3. The molecule has 0 aliphatic heterocycles. The fourth-order valence-electron chi connectivity index (χ4n) is 2.23. The zero-order chi connectivity index (χ0) is 15.6. The van der Waals surface area contributed by atoms with Crippen LogP contribution in [0.15, 0.2) is 24.3 Å². The number of nitrogens with zero attached hydrogens (tertiary/aromatic N) is 3. The van der Waals surface area contributed by atoms with Crippen molar-refractivity contribution in [3.8, 4) is 0 Å². The molecule has 3 nitrogen and oxygen atoms in total. The lowest BCUT2D eigenvalue weighted by Crippen LogP contribution is -2.25. The second kappa shape index (κ2) is 6.39. The van der Waals surface area contributed by atoms with Crippen molar-refractivity contribution < 1.29 is 4.39 Å². The van der Waals surface area contributed by atoms with Crippen LogP contribution in [-0.2, 0) is 6.42 Å². The third-order valence-electron chi connectivity index (χ3n) is 3.69. The zero-order valence-corrected chi connectivity index (χ0v) is 13.4. The normalized spacial score (nSPS) is 12.3. The first-order valence-corrected chi connectivity index (χ1v) is 7.33. The Kier molecular flexibility index (Phi) is 4.78. The molecule has 0 amide bonds. The topological polar surface area (TPSA) is 29.0 Å². The molecule has 21 heavy (non-hydrogen) atoms. The highest BCUT2D eigenvalue weighted by Gasteiger charge is 2.20. The van der Waals surface area contributed by atoms with Gasteiger partial charge in [-0.3, -0.25) is 0 Å². The molecule has 1 aromatic heterocycles. The molecular formula is C16H19ClFN3. The smallest absolute Gasteiger partial charge is 0.137 e. The Morgan fingerprint density at radius 2 is 1.95 bits per heavy atom. The van der Waals surface area contributed by atoms with Gasteiger partial charge in [0.25, 0.3) is 0 Å². The molecule has 0 saturated heterocycles. The number of anilines is 1. The highest BCUT2D eigenvalue weighted by molar-refractivity contribution is 6.30. The second-order valence-electron chi connectivity index (χ2n) is 5.04. The minimum Gasteiger partial charge on any atom is -0.352 e. The van der Waals surface area contributed by atoms with Crippen LogP contribution in [0.4, 0.5) is 10.2 Å². The number of aryl methyl sites for hydroxylation is 1. The summed E-state index contributed by atoms with van der Waals surface area (Å²) in [5, 5.41) is 0.449. The van der Waals surface area contributed by atoms with Crippen molar-refractivity contribution in [3.05, 3.63) is 52.2 Å². The molecule has 0 saturated carbocycles. The SMILES string of the molecule is CCc1nc(Cl)c(C)c(N(C)C(C)c2ccccc2F)n1. The maximum atomic E-state index is 14.0. The zero-order valence-electron chi connectivity index (χ0n) is 12.7. The van der Waals surface area contributed by atoms with Gasteiger partial charge >= 0.3 is 0 Å². The van der Waals surface area contributed by atoms with Crippen LogP contribution in [0, 0.1) is 12.7 Å². The molecule has 0 fully saturated rings. The van der Waals surface area contributed by atoms with Crippen LogP contribution in [0.5, 0.6) is 0 Å². The van der Waals surface area contributed by atoms with Crippen LogP contribution < -0.4 is 4.90 Å². The van der Waals surface area contributed by atoms with Gasteiger partial charge in [0.15, 0.2) is 0 Å². The summed E-state index contributed by atoms with van der Waals surface area (Å²) in [5.41, 5.74) is 1.44. The van der Waals surface area contributed by atoms with Crippen LogP contribution in [0.2, 0.25) is 5.15 Å². The van der Waals surface area contributed by atoms with Gasteiger partial charge in [0.2, 0.25) is 0 Å². The monoisotopic (exact) mass is 307 g/mol. The van der Waals surface area contributed by atoms with E-state index in [2.05, 4.69) is 9.97 Å². The van der Waals surface area contributed by atoms with Crippen LogP contribution in [0.3, 0.4) is 0 Å². The fourth-order valence-corrected chi connectivity index (χ4v) is 2.41. The lowest BCUT2D eigenvalue weighted by atomic mass is 10.1. The Morgan fingerprint density at radius 1 is 1.29 bits per heavy atom. The molecule has 2 aromatic rings. The first-order valence-electron chi connectivity index (χ1n) is 6.96. The van der Waals surface area contributed by atoms with E-state index in [4.69, 9.17) is 11.6 Å². The third kappa shape index (κ3) is 3.16. The minimum atomic E-state index is -0.217. The quantitative estimate of drug-likeness (QED) is 0.787. The average Bonchev–Trinajstić information content (AvgIpc) is 2.49. The number of rotatable bonds is 4. The van der Waals surface area contributed by atoms with Gasteiger partial charge in [0.05, 0.1) is 6.04 Å². The molecule has 112 valence electrons. The van der Waals surface area contributed by atoms with Gasteiger partial charge in [-0.1, -0.05) is 36.7 Å². The Hall–Kier alpha value is -1.68. The van der Waals surface area contributed by atoms with Crippen LogP contribution >= 0.6 is 11.6 Å². The van der Waals surface area contributed by atoms with Gasteiger partial charge < -0.3 is 4.90 Å². The first-order chi connectivity index (χ1) is 9.95. The summed E-state index contributed by atoms with van der Waals surface area (Å²) in [5.74, 6) is 1.21. The number of halogens is 2. The fraction of sp³-hybridized carbons (Fsp3) is 0.375. The third-order valence-corrected chi connectivity index (χ3v) is 4.06. The Balaban J connectivity index is 2.42. The molecule has 0 spiro atoms. The number of hydrogen-bond acceptors (Lipinski definition) is 3. The Bertz CT molecular complexity index is 645. The van der Waals surface area contributed by atoms with E-state index in [0.29, 0.717) is 23.0 Å². The summed E-state index contributed by atoms with van der Waals surface area (Å²) in [6.45, 7) is 5.80. The lowest BCUT2D eigenvalue weighted by Gasteiger charge is -2.28. The molecule has 0 radical (unpaired) electrons. The van der Waals surface area contributed by atoms with Crippen LogP contribution in [0.25, 0.3) is 0 Å². The van der Waals surface area contributed by atoms with Gasteiger partial charge in [-0.2, -0.15) is 0 Å². The largest absolute Gasteiger partial charge is 0.352 e. The summed E-state index contributed by atoms with van der Waals surface area (Å²) in [7, 11) is 1.89. The molecule has 2 rings (SSSR count). The highest BCUT2D eigenvalue weighted by atomic mass is 35.5. The van der Waals surface area contributed by atoms with Crippen molar-refractivity contribution in [2.45, 2.75) is 33.2 Å². The van der Waals surface area contributed by atoms with E-state index in [1.807, 2.05) is 38.8 Å². The van der Waals surface area contributed by atoms with Crippen molar-refractivity contribution in [1.29, 1.82) is 0 Å². The highest BCUT2D eigenvalue weighted by Crippen LogP contribution is 2.30. The van der Waals surface area contributed by atoms with Crippen molar-refractivity contribution in [3.63, 3.8) is 0 Å². The first kappa shape index (κ1) is 15.7. The molecule has 0 bridgehead atoms.